The van der Waals surface area contributed by atoms with Crippen LogP contribution >= 0.6 is 11.6 Å². The Bertz CT molecular complexity index is 573. The third kappa shape index (κ3) is 2.36. The number of benzene rings is 1. The van der Waals surface area contributed by atoms with E-state index in [2.05, 4.69) is 38.9 Å². The normalized spacial score (nSPS) is 15.1. The van der Waals surface area contributed by atoms with Crippen LogP contribution in [0, 0.1) is 0 Å². The summed E-state index contributed by atoms with van der Waals surface area (Å²) in [6.07, 6.45) is 2.87. The number of nitrogens with zero attached hydrogens (tertiary/aromatic N) is 4. The molecule has 4 nitrogen and oxygen atoms in total. The largest absolute Gasteiger partial charge is 0.370 e. The average molecular weight is 275 g/mol. The number of anilines is 3. The summed E-state index contributed by atoms with van der Waals surface area (Å²) in [6, 6.07) is 10.3. The second-order valence-electron chi connectivity index (χ2n) is 4.61. The van der Waals surface area contributed by atoms with E-state index in [1.54, 1.807) is 6.20 Å². The molecule has 1 aromatic carbocycles. The molecule has 0 amide bonds. The van der Waals surface area contributed by atoms with Crippen molar-refractivity contribution >= 4 is 28.8 Å². The van der Waals surface area contributed by atoms with Gasteiger partial charge in [0.15, 0.2) is 5.82 Å². The van der Waals surface area contributed by atoms with Crippen LogP contribution < -0.4 is 9.80 Å². The smallest absolute Gasteiger partial charge is 0.224 e. The zero-order chi connectivity index (χ0) is 13.2. The van der Waals surface area contributed by atoms with Gasteiger partial charge in [-0.25, -0.2) is 4.98 Å². The molecule has 3 rings (SSSR count). The zero-order valence-corrected chi connectivity index (χ0v) is 11.5. The lowest BCUT2D eigenvalue weighted by Crippen LogP contribution is -2.18. The molecule has 2 heterocycles. The first kappa shape index (κ1) is 12.2. The van der Waals surface area contributed by atoms with Gasteiger partial charge in [-0.3, -0.25) is 0 Å². The fourth-order valence-corrected chi connectivity index (χ4v) is 2.49. The average Bonchev–Trinajstić information content (AvgIpc) is 2.59. The first-order chi connectivity index (χ1) is 9.25. The summed E-state index contributed by atoms with van der Waals surface area (Å²) in [5, 5.41) is 0.287. The van der Waals surface area contributed by atoms with Crippen LogP contribution in [0.1, 0.15) is 6.42 Å². The van der Waals surface area contributed by atoms with Crippen LogP contribution in [0.25, 0.3) is 0 Å². The maximum Gasteiger partial charge on any atom is 0.224 e. The summed E-state index contributed by atoms with van der Waals surface area (Å²) in [4.78, 5) is 12.9. The highest BCUT2D eigenvalue weighted by atomic mass is 35.5. The lowest BCUT2D eigenvalue weighted by atomic mass is 10.2. The summed E-state index contributed by atoms with van der Waals surface area (Å²) in [7, 11) is 2.06. The van der Waals surface area contributed by atoms with Crippen molar-refractivity contribution in [2.45, 2.75) is 6.42 Å². The molecular formula is C14H15ClN4. The molecule has 5 heteroatoms. The van der Waals surface area contributed by atoms with Crippen molar-refractivity contribution in [2.75, 3.05) is 29.9 Å². The molecular weight excluding hydrogens is 260 g/mol. The highest BCUT2D eigenvalue weighted by Gasteiger charge is 2.21. The minimum Gasteiger partial charge on any atom is -0.370 e. The summed E-state index contributed by atoms with van der Waals surface area (Å²) >= 11 is 5.96. The highest BCUT2D eigenvalue weighted by Crippen LogP contribution is 2.34. The second-order valence-corrected chi connectivity index (χ2v) is 4.95. The van der Waals surface area contributed by atoms with Gasteiger partial charge in [0, 0.05) is 25.8 Å². The van der Waals surface area contributed by atoms with Crippen LogP contribution in [0.4, 0.5) is 17.2 Å². The van der Waals surface area contributed by atoms with Crippen LogP contribution in [0.3, 0.4) is 0 Å². The molecule has 0 unspecified atom stereocenters. The van der Waals surface area contributed by atoms with E-state index in [4.69, 9.17) is 11.6 Å². The van der Waals surface area contributed by atoms with Crippen LogP contribution in [0.5, 0.6) is 0 Å². The SMILES string of the molecule is CN1CCCN(c2ccccc2)c2nc(Cl)ncc21. The quantitative estimate of drug-likeness (QED) is 0.748. The number of hydrogen-bond donors (Lipinski definition) is 0. The molecule has 1 aromatic heterocycles. The van der Waals surface area contributed by atoms with Gasteiger partial charge >= 0.3 is 0 Å². The molecule has 0 spiro atoms. The minimum atomic E-state index is 0.287. The first-order valence-corrected chi connectivity index (χ1v) is 6.70. The monoisotopic (exact) mass is 274 g/mol. The van der Waals surface area contributed by atoms with E-state index < -0.39 is 0 Å². The number of para-hydroxylation sites is 1. The molecule has 0 radical (unpaired) electrons. The zero-order valence-electron chi connectivity index (χ0n) is 10.8. The van der Waals surface area contributed by atoms with Crippen molar-refractivity contribution in [3.63, 3.8) is 0 Å². The Morgan fingerprint density at radius 3 is 2.74 bits per heavy atom. The number of halogens is 1. The van der Waals surface area contributed by atoms with Crippen molar-refractivity contribution in [2.24, 2.45) is 0 Å². The van der Waals surface area contributed by atoms with Crippen molar-refractivity contribution in [3.05, 3.63) is 41.8 Å². The molecule has 0 fully saturated rings. The number of rotatable bonds is 1. The number of hydrogen-bond acceptors (Lipinski definition) is 4. The number of aromatic nitrogens is 2. The molecule has 2 aromatic rings. The first-order valence-electron chi connectivity index (χ1n) is 6.32. The van der Waals surface area contributed by atoms with Gasteiger partial charge in [-0.1, -0.05) is 18.2 Å². The second kappa shape index (κ2) is 5.05. The van der Waals surface area contributed by atoms with Gasteiger partial charge in [0.1, 0.15) is 0 Å². The molecule has 0 aliphatic carbocycles. The Morgan fingerprint density at radius 2 is 1.95 bits per heavy atom. The van der Waals surface area contributed by atoms with Crippen molar-refractivity contribution in [3.8, 4) is 0 Å². The fourth-order valence-electron chi connectivity index (χ4n) is 2.37. The third-order valence-electron chi connectivity index (χ3n) is 3.33. The number of fused-ring (bicyclic) bond motifs is 1. The topological polar surface area (TPSA) is 32.3 Å². The summed E-state index contributed by atoms with van der Waals surface area (Å²) in [5.74, 6) is 0.881. The molecule has 1 aliphatic heterocycles. The van der Waals surface area contributed by atoms with Gasteiger partial charge in [-0.2, -0.15) is 4.98 Å². The maximum atomic E-state index is 5.96. The Labute approximate surface area is 117 Å². The lowest BCUT2D eigenvalue weighted by Gasteiger charge is -2.24. The molecule has 0 saturated heterocycles. The van der Waals surface area contributed by atoms with Crippen LogP contribution in [-0.4, -0.2) is 30.1 Å². The van der Waals surface area contributed by atoms with Gasteiger partial charge in [-0.05, 0) is 30.2 Å². The summed E-state index contributed by atoms with van der Waals surface area (Å²) in [5.41, 5.74) is 2.15. The Kier molecular flexibility index (Phi) is 3.25. The predicted octanol–water partition coefficient (Wildman–Crippen LogP) is 3.11. The Morgan fingerprint density at radius 1 is 1.16 bits per heavy atom. The third-order valence-corrected chi connectivity index (χ3v) is 3.51. The van der Waals surface area contributed by atoms with Gasteiger partial charge < -0.3 is 9.80 Å². The fraction of sp³-hybridized carbons (Fsp3) is 0.286. The lowest BCUT2D eigenvalue weighted by molar-refractivity contribution is 0.804. The molecule has 0 bridgehead atoms. The van der Waals surface area contributed by atoms with E-state index in [0.29, 0.717) is 0 Å². The molecule has 0 atom stereocenters. The summed E-state index contributed by atoms with van der Waals surface area (Å²) in [6.45, 7) is 1.91. The Hall–Kier alpha value is -1.81. The molecule has 19 heavy (non-hydrogen) atoms. The molecule has 0 saturated carbocycles. The van der Waals surface area contributed by atoms with Crippen LogP contribution in [-0.2, 0) is 0 Å². The van der Waals surface area contributed by atoms with Gasteiger partial charge in [0.05, 0.1) is 11.9 Å². The van der Waals surface area contributed by atoms with Gasteiger partial charge in [0.25, 0.3) is 0 Å². The van der Waals surface area contributed by atoms with Crippen molar-refractivity contribution in [1.29, 1.82) is 0 Å². The predicted molar refractivity (Wildman–Crippen MR) is 78.4 cm³/mol. The van der Waals surface area contributed by atoms with E-state index in [9.17, 15) is 0 Å². The van der Waals surface area contributed by atoms with E-state index >= 15 is 0 Å². The van der Waals surface area contributed by atoms with Gasteiger partial charge in [0.2, 0.25) is 5.28 Å². The van der Waals surface area contributed by atoms with Crippen LogP contribution in [0.2, 0.25) is 5.28 Å². The van der Waals surface area contributed by atoms with E-state index in [-0.39, 0.29) is 5.28 Å². The van der Waals surface area contributed by atoms with E-state index in [0.717, 1.165) is 36.7 Å². The molecule has 1 aliphatic rings. The minimum absolute atomic E-state index is 0.287. The molecule has 0 N–H and O–H groups in total. The van der Waals surface area contributed by atoms with E-state index in [1.807, 2.05) is 18.2 Å². The summed E-state index contributed by atoms with van der Waals surface area (Å²) < 4.78 is 0. The van der Waals surface area contributed by atoms with Crippen molar-refractivity contribution < 1.29 is 0 Å². The van der Waals surface area contributed by atoms with Crippen LogP contribution in [0.15, 0.2) is 36.5 Å². The Balaban J connectivity index is 2.12. The standard InChI is InChI=1S/C14H15ClN4/c1-18-8-5-9-19(11-6-3-2-4-7-11)13-12(18)10-16-14(15)17-13/h2-4,6-7,10H,5,8-9H2,1H3. The van der Waals surface area contributed by atoms with Gasteiger partial charge in [-0.15, -0.1) is 0 Å². The molecule has 98 valence electrons. The van der Waals surface area contributed by atoms with E-state index in [1.165, 1.54) is 0 Å². The maximum absolute atomic E-state index is 5.96. The highest BCUT2D eigenvalue weighted by molar-refractivity contribution is 6.28. The van der Waals surface area contributed by atoms with Crippen molar-refractivity contribution in [1.82, 2.24) is 9.97 Å².